The Hall–Kier alpha value is -2.69. The predicted molar refractivity (Wildman–Crippen MR) is 79.5 cm³/mol. The highest BCUT2D eigenvalue weighted by atomic mass is 19.1. The molecule has 4 nitrogen and oxygen atoms in total. The number of halogens is 1. The number of nitrogens with one attached hydrogen (secondary N) is 1. The zero-order valence-corrected chi connectivity index (χ0v) is 12.0. The number of hydrogen-bond acceptors (Lipinski definition) is 2. The van der Waals surface area contributed by atoms with E-state index in [4.69, 9.17) is 0 Å². The van der Waals surface area contributed by atoms with Crippen LogP contribution in [0.15, 0.2) is 54.6 Å². The molecule has 3 rings (SSSR count). The van der Waals surface area contributed by atoms with Crippen molar-refractivity contribution in [1.82, 2.24) is 10.2 Å². The van der Waals surface area contributed by atoms with Gasteiger partial charge in [-0.1, -0.05) is 42.5 Å². The molecule has 1 atom stereocenters. The fourth-order valence-electron chi connectivity index (χ4n) is 2.75. The van der Waals surface area contributed by atoms with E-state index in [-0.39, 0.29) is 11.7 Å². The minimum absolute atomic E-state index is 0.314. The number of nitrogens with zero attached hydrogens (tertiary/aromatic N) is 1. The maximum atomic E-state index is 13.2. The molecule has 0 spiro atoms. The van der Waals surface area contributed by atoms with Crippen LogP contribution in [-0.4, -0.2) is 23.9 Å². The molecule has 1 N–H and O–H groups in total. The van der Waals surface area contributed by atoms with Crippen molar-refractivity contribution in [3.8, 4) is 0 Å². The summed E-state index contributed by atoms with van der Waals surface area (Å²) in [5, 5.41) is 2.77. The van der Waals surface area contributed by atoms with E-state index in [2.05, 4.69) is 5.32 Å². The summed E-state index contributed by atoms with van der Waals surface area (Å²) in [6.45, 7) is 0. The molecule has 112 valence electrons. The lowest BCUT2D eigenvalue weighted by Crippen LogP contribution is -2.45. The van der Waals surface area contributed by atoms with Crippen molar-refractivity contribution < 1.29 is 14.0 Å². The SMILES string of the molecule is CN1C(=O)N[C@](Cc2ccccc2)(c2ccc(F)cc2)C1=O. The van der Waals surface area contributed by atoms with Gasteiger partial charge in [0.2, 0.25) is 0 Å². The quantitative estimate of drug-likeness (QED) is 0.885. The Morgan fingerprint density at radius 1 is 1.05 bits per heavy atom. The summed E-state index contributed by atoms with van der Waals surface area (Å²) in [5.41, 5.74) is 0.289. The van der Waals surface area contributed by atoms with E-state index < -0.39 is 11.6 Å². The van der Waals surface area contributed by atoms with Crippen LogP contribution in [0, 0.1) is 5.82 Å². The first-order valence-electron chi connectivity index (χ1n) is 6.93. The molecule has 1 aliphatic heterocycles. The molecule has 1 heterocycles. The van der Waals surface area contributed by atoms with Crippen molar-refractivity contribution >= 4 is 11.9 Å². The van der Waals surface area contributed by atoms with Crippen molar-refractivity contribution in [1.29, 1.82) is 0 Å². The predicted octanol–water partition coefficient (Wildman–Crippen LogP) is 2.45. The average molecular weight is 298 g/mol. The molecule has 0 saturated carbocycles. The average Bonchev–Trinajstić information content (AvgIpc) is 2.74. The van der Waals surface area contributed by atoms with E-state index in [9.17, 15) is 14.0 Å². The largest absolute Gasteiger partial charge is 0.325 e. The molecule has 5 heteroatoms. The van der Waals surface area contributed by atoms with Crippen LogP contribution in [0.1, 0.15) is 11.1 Å². The van der Waals surface area contributed by atoms with Gasteiger partial charge in [0.05, 0.1) is 0 Å². The van der Waals surface area contributed by atoms with Gasteiger partial charge in [0.15, 0.2) is 5.54 Å². The van der Waals surface area contributed by atoms with E-state index in [0.717, 1.165) is 10.5 Å². The summed E-state index contributed by atoms with van der Waals surface area (Å²) >= 11 is 0. The van der Waals surface area contributed by atoms with Gasteiger partial charge in [-0.2, -0.15) is 0 Å². The van der Waals surface area contributed by atoms with E-state index in [0.29, 0.717) is 12.0 Å². The van der Waals surface area contributed by atoms with E-state index in [1.165, 1.54) is 31.3 Å². The minimum atomic E-state index is -1.19. The summed E-state index contributed by atoms with van der Waals surface area (Å²) in [5.74, 6) is -0.725. The topological polar surface area (TPSA) is 49.4 Å². The highest BCUT2D eigenvalue weighted by Crippen LogP contribution is 2.32. The highest BCUT2D eigenvalue weighted by Gasteiger charge is 2.50. The summed E-state index contributed by atoms with van der Waals surface area (Å²) in [6, 6.07) is 14.6. The molecule has 1 fully saturated rings. The van der Waals surface area contributed by atoms with Gasteiger partial charge < -0.3 is 5.32 Å². The number of likely N-dealkylation sites (N-methyl/N-ethyl adjacent to an activating group) is 1. The molecule has 2 aromatic carbocycles. The number of imide groups is 1. The molecule has 0 aliphatic carbocycles. The van der Waals surface area contributed by atoms with Crippen molar-refractivity contribution in [3.05, 3.63) is 71.5 Å². The number of rotatable bonds is 3. The molecule has 1 aliphatic rings. The van der Waals surface area contributed by atoms with Gasteiger partial charge in [0, 0.05) is 13.5 Å². The first kappa shape index (κ1) is 14.3. The molecule has 22 heavy (non-hydrogen) atoms. The standard InChI is InChI=1S/C17H15FN2O2/c1-20-15(21)17(19-16(20)22,11-12-5-3-2-4-6-12)13-7-9-14(18)10-8-13/h2-10H,11H2,1H3,(H,19,22)/t17-/m1/s1. The number of benzene rings is 2. The second kappa shape index (κ2) is 5.26. The van der Waals surface area contributed by atoms with Crippen LogP contribution >= 0.6 is 0 Å². The number of amides is 3. The smallest absolute Gasteiger partial charge is 0.319 e. The van der Waals surface area contributed by atoms with Crippen LogP contribution in [0.25, 0.3) is 0 Å². The van der Waals surface area contributed by atoms with Crippen LogP contribution in [0.4, 0.5) is 9.18 Å². The fraction of sp³-hybridized carbons (Fsp3) is 0.176. The summed E-state index contributed by atoms with van der Waals surface area (Å²) in [6.07, 6.45) is 0.314. The van der Waals surface area contributed by atoms with Gasteiger partial charge in [-0.15, -0.1) is 0 Å². The lowest BCUT2D eigenvalue weighted by Gasteiger charge is -2.27. The monoisotopic (exact) mass is 298 g/mol. The Labute approximate surface area is 127 Å². The number of hydrogen-bond donors (Lipinski definition) is 1. The summed E-state index contributed by atoms with van der Waals surface area (Å²) < 4.78 is 13.2. The molecule has 0 unspecified atom stereocenters. The van der Waals surface area contributed by atoms with Crippen LogP contribution in [0.3, 0.4) is 0 Å². The third kappa shape index (κ3) is 2.24. The van der Waals surface area contributed by atoms with Crippen molar-refractivity contribution in [2.75, 3.05) is 7.05 Å². The summed E-state index contributed by atoms with van der Waals surface area (Å²) in [4.78, 5) is 25.7. The molecular formula is C17H15FN2O2. The maximum absolute atomic E-state index is 13.2. The second-order valence-electron chi connectivity index (χ2n) is 5.37. The molecule has 1 saturated heterocycles. The zero-order valence-electron chi connectivity index (χ0n) is 12.0. The van der Waals surface area contributed by atoms with E-state index in [1.54, 1.807) is 0 Å². The molecule has 0 aromatic heterocycles. The van der Waals surface area contributed by atoms with Gasteiger partial charge in [0.1, 0.15) is 5.82 Å². The Bertz CT molecular complexity index is 715. The Morgan fingerprint density at radius 3 is 2.23 bits per heavy atom. The van der Waals surface area contributed by atoms with Gasteiger partial charge in [-0.05, 0) is 23.3 Å². The number of carbonyl (C=O) groups excluding carboxylic acids is 2. The Kier molecular flexibility index (Phi) is 3.41. The molecular weight excluding hydrogens is 283 g/mol. The zero-order chi connectivity index (χ0) is 15.7. The lowest BCUT2D eigenvalue weighted by molar-refractivity contribution is -0.130. The van der Waals surface area contributed by atoms with E-state index >= 15 is 0 Å². The van der Waals surface area contributed by atoms with Gasteiger partial charge in [0.25, 0.3) is 5.91 Å². The first-order valence-corrected chi connectivity index (χ1v) is 6.93. The summed E-state index contributed by atoms with van der Waals surface area (Å²) in [7, 11) is 1.44. The van der Waals surface area contributed by atoms with Crippen molar-refractivity contribution in [2.45, 2.75) is 12.0 Å². The number of urea groups is 1. The second-order valence-corrected chi connectivity index (χ2v) is 5.37. The highest BCUT2D eigenvalue weighted by molar-refractivity contribution is 6.07. The van der Waals surface area contributed by atoms with E-state index in [1.807, 2.05) is 30.3 Å². The molecule has 0 bridgehead atoms. The fourth-order valence-corrected chi connectivity index (χ4v) is 2.75. The molecule has 0 radical (unpaired) electrons. The van der Waals surface area contributed by atoms with Crippen LogP contribution < -0.4 is 5.32 Å². The van der Waals surface area contributed by atoms with Gasteiger partial charge in [-0.25, -0.2) is 9.18 Å². The van der Waals surface area contributed by atoms with Gasteiger partial charge in [-0.3, -0.25) is 9.69 Å². The Balaban J connectivity index is 2.09. The van der Waals surface area contributed by atoms with Crippen LogP contribution in [0.5, 0.6) is 0 Å². The minimum Gasteiger partial charge on any atom is -0.319 e. The van der Waals surface area contributed by atoms with Crippen molar-refractivity contribution in [2.24, 2.45) is 0 Å². The lowest BCUT2D eigenvalue weighted by atomic mass is 9.83. The van der Waals surface area contributed by atoms with Gasteiger partial charge >= 0.3 is 6.03 Å². The normalized spacial score (nSPS) is 21.1. The van der Waals surface area contributed by atoms with Crippen LogP contribution in [0.2, 0.25) is 0 Å². The molecule has 2 aromatic rings. The van der Waals surface area contributed by atoms with Crippen molar-refractivity contribution in [3.63, 3.8) is 0 Å². The molecule has 3 amide bonds. The Morgan fingerprint density at radius 2 is 1.68 bits per heavy atom. The first-order chi connectivity index (χ1) is 10.5. The van der Waals surface area contributed by atoms with Crippen LogP contribution in [-0.2, 0) is 16.8 Å². The third-order valence-corrected chi connectivity index (χ3v) is 3.94. The number of carbonyl (C=O) groups is 2. The maximum Gasteiger partial charge on any atom is 0.325 e. The third-order valence-electron chi connectivity index (χ3n) is 3.94.